The fraction of sp³-hybridized carbons (Fsp3) is 0.883. The quantitative estimate of drug-likeness (QED) is 0.0523. The van der Waals surface area contributed by atoms with Gasteiger partial charge in [-0.05, 0) is 98.9 Å². The fourth-order valence-electron chi connectivity index (χ4n) is 10.2. The van der Waals surface area contributed by atoms with Crippen LogP contribution >= 0.6 is 0 Å². The van der Waals surface area contributed by atoms with Crippen LogP contribution in [0.3, 0.4) is 0 Å². The summed E-state index contributed by atoms with van der Waals surface area (Å²) in [5.74, 6) is -0.0780. The first-order chi connectivity index (χ1) is 31.5. The molecule has 0 aliphatic carbocycles. The lowest BCUT2D eigenvalue weighted by Gasteiger charge is -2.29. The van der Waals surface area contributed by atoms with E-state index in [1.807, 2.05) is 6.92 Å². The number of hydrogen-bond donors (Lipinski definition) is 1. The number of carboxylic acid groups (broad SMARTS) is 1. The van der Waals surface area contributed by atoms with E-state index >= 15 is 0 Å². The van der Waals surface area contributed by atoms with Crippen molar-refractivity contribution in [3.05, 3.63) is 27.8 Å². The number of unbranched alkanes of at least 4 members (excludes halogenated alkanes) is 35. The molecule has 0 aromatic heterocycles. The summed E-state index contributed by atoms with van der Waals surface area (Å²) in [4.78, 5) is 12.9. The molecule has 4 nitrogen and oxygen atoms in total. The monoisotopic (exact) mass is 897 g/mol. The highest BCUT2D eigenvalue weighted by atomic mass is 16.7. The molecule has 0 bridgehead atoms. The Kier molecular flexibility index (Phi) is 42.7. The van der Waals surface area contributed by atoms with Crippen molar-refractivity contribution < 1.29 is 19.4 Å². The summed E-state index contributed by atoms with van der Waals surface area (Å²) in [6.45, 7) is 13.8. The smallest absolute Gasteiger partial charge is 0.373 e. The van der Waals surface area contributed by atoms with Crippen LogP contribution in [0.1, 0.15) is 326 Å². The van der Waals surface area contributed by atoms with E-state index in [2.05, 4.69) is 34.6 Å². The van der Waals surface area contributed by atoms with E-state index in [9.17, 15) is 9.90 Å². The second-order valence-corrected chi connectivity index (χ2v) is 20.1. The molecule has 64 heavy (non-hydrogen) atoms. The average Bonchev–Trinajstić information content (AvgIpc) is 3.29. The first kappa shape index (κ1) is 60.5. The molecule has 1 unspecified atom stereocenters. The van der Waals surface area contributed by atoms with Crippen LogP contribution in [0, 0.1) is 0 Å². The van der Waals surface area contributed by atoms with Crippen molar-refractivity contribution in [2.45, 2.75) is 337 Å². The molecule has 0 saturated heterocycles. The highest BCUT2D eigenvalue weighted by Gasteiger charge is 2.28. The molecule has 1 rings (SSSR count). The normalized spacial score (nSPS) is 12.1. The predicted octanol–water partition coefficient (Wildman–Crippen LogP) is 19.9. The number of benzene rings is 1. The summed E-state index contributed by atoms with van der Waals surface area (Å²) in [5.41, 5.74) is 7.51. The maximum Gasteiger partial charge on any atom is 0.373 e. The molecule has 0 radical (unpaired) electrons. The van der Waals surface area contributed by atoms with Crippen molar-refractivity contribution in [1.29, 1.82) is 0 Å². The van der Waals surface area contributed by atoms with Crippen molar-refractivity contribution in [1.82, 2.24) is 0 Å². The SMILES string of the molecule is CCCCCCCCCCc1c(CCCCCCCCCC)c(CCCCCCCCCC)c(OC(OCC)C(=O)O)c(CCCCCCCCCC)c1CCCCCCCCCC. The zero-order valence-corrected chi connectivity index (χ0v) is 44.3. The van der Waals surface area contributed by atoms with Crippen LogP contribution in [0.4, 0.5) is 0 Å². The molecule has 0 heterocycles. The molecule has 0 saturated carbocycles. The number of hydrogen-bond acceptors (Lipinski definition) is 3. The van der Waals surface area contributed by atoms with Crippen LogP contribution in [-0.4, -0.2) is 24.0 Å². The van der Waals surface area contributed by atoms with Gasteiger partial charge in [-0.3, -0.25) is 0 Å². The molecule has 1 aromatic rings. The Bertz CT molecular complexity index is 1110. The largest absolute Gasteiger partial charge is 0.477 e. The van der Waals surface area contributed by atoms with Crippen LogP contribution in [0.15, 0.2) is 0 Å². The number of ether oxygens (including phenoxy) is 2. The molecule has 4 heteroatoms. The molecular weight excluding hydrogens is 785 g/mol. The Hall–Kier alpha value is -1.55. The highest BCUT2D eigenvalue weighted by Crippen LogP contribution is 2.41. The van der Waals surface area contributed by atoms with Crippen LogP contribution < -0.4 is 4.74 Å². The molecule has 0 spiro atoms. The number of carbonyl (C=O) groups is 1. The van der Waals surface area contributed by atoms with Crippen LogP contribution in [0.2, 0.25) is 0 Å². The van der Waals surface area contributed by atoms with E-state index in [-0.39, 0.29) is 0 Å². The first-order valence-corrected chi connectivity index (χ1v) is 29.2. The zero-order valence-electron chi connectivity index (χ0n) is 44.3. The molecule has 0 amide bonds. The van der Waals surface area contributed by atoms with Crippen molar-refractivity contribution >= 4 is 5.97 Å². The fourth-order valence-corrected chi connectivity index (χ4v) is 10.2. The molecule has 0 aliphatic rings. The maximum absolute atomic E-state index is 12.9. The topological polar surface area (TPSA) is 55.8 Å². The van der Waals surface area contributed by atoms with Gasteiger partial charge in [0, 0.05) is 6.61 Å². The molecule has 1 aromatic carbocycles. The van der Waals surface area contributed by atoms with Crippen molar-refractivity contribution in [2.24, 2.45) is 0 Å². The molecule has 0 fully saturated rings. The lowest BCUT2D eigenvalue weighted by atomic mass is 9.80. The summed E-state index contributed by atoms with van der Waals surface area (Å²) in [7, 11) is 0. The Morgan fingerprint density at radius 2 is 0.531 bits per heavy atom. The highest BCUT2D eigenvalue weighted by molar-refractivity contribution is 5.71. The summed E-state index contributed by atoms with van der Waals surface area (Å²) in [6, 6.07) is 0. The van der Waals surface area contributed by atoms with Gasteiger partial charge in [-0.2, -0.15) is 0 Å². The van der Waals surface area contributed by atoms with Gasteiger partial charge in [0.25, 0.3) is 6.29 Å². The lowest BCUT2D eigenvalue weighted by molar-refractivity contribution is -0.170. The summed E-state index contributed by atoms with van der Waals surface area (Å²) in [6.07, 6.45) is 56.6. The van der Waals surface area contributed by atoms with Gasteiger partial charge in [0.2, 0.25) is 0 Å². The minimum absolute atomic E-state index is 0.324. The molecule has 1 N–H and O–H groups in total. The Morgan fingerprint density at radius 3 is 0.750 bits per heavy atom. The summed E-state index contributed by atoms with van der Waals surface area (Å²) in [5, 5.41) is 10.6. The number of rotatable bonds is 50. The third-order valence-corrected chi connectivity index (χ3v) is 14.2. The van der Waals surface area contributed by atoms with E-state index in [0.717, 1.165) is 50.7 Å². The second kappa shape index (κ2) is 45.2. The standard InChI is InChI=1S/C60H112O4/c1-7-13-18-23-28-33-38-43-48-53-54(49-44-39-34-29-24-19-14-8-2)56(51-46-41-36-31-26-21-16-10-4)58(64-60(59(61)62)63-12-6)57(52-47-42-37-32-27-22-17-11-5)55(53)50-45-40-35-30-25-20-15-9-3/h60H,7-52H2,1-6H3,(H,61,62). The first-order valence-electron chi connectivity index (χ1n) is 29.2. The molecule has 376 valence electrons. The molecule has 1 atom stereocenters. The van der Waals surface area contributed by atoms with Gasteiger partial charge in [0.15, 0.2) is 0 Å². The van der Waals surface area contributed by atoms with E-state index in [1.54, 1.807) is 16.7 Å². The maximum atomic E-state index is 12.9. The van der Waals surface area contributed by atoms with Gasteiger partial charge in [-0.1, -0.05) is 259 Å². The molecular formula is C60H112O4. The third kappa shape index (κ3) is 30.7. The van der Waals surface area contributed by atoms with Crippen LogP contribution in [0.5, 0.6) is 5.75 Å². The van der Waals surface area contributed by atoms with Gasteiger partial charge in [-0.15, -0.1) is 0 Å². The van der Waals surface area contributed by atoms with Gasteiger partial charge < -0.3 is 14.6 Å². The Labute approximate surface area is 400 Å². The van der Waals surface area contributed by atoms with E-state index in [0.29, 0.717) is 6.61 Å². The van der Waals surface area contributed by atoms with Gasteiger partial charge in [-0.25, -0.2) is 4.79 Å². The second-order valence-electron chi connectivity index (χ2n) is 20.1. The van der Waals surface area contributed by atoms with Gasteiger partial charge >= 0.3 is 5.97 Å². The molecule has 0 aliphatic heterocycles. The Balaban J connectivity index is 3.83. The predicted molar refractivity (Wildman–Crippen MR) is 282 cm³/mol. The number of carboxylic acids is 1. The zero-order chi connectivity index (χ0) is 46.6. The summed E-state index contributed by atoms with van der Waals surface area (Å²) >= 11 is 0. The van der Waals surface area contributed by atoms with Crippen LogP contribution in [0.25, 0.3) is 0 Å². The minimum Gasteiger partial charge on any atom is -0.477 e. The third-order valence-electron chi connectivity index (χ3n) is 14.2. The van der Waals surface area contributed by atoms with Crippen LogP contribution in [-0.2, 0) is 41.6 Å². The summed E-state index contributed by atoms with van der Waals surface area (Å²) < 4.78 is 12.8. The number of aliphatic carboxylic acids is 1. The van der Waals surface area contributed by atoms with E-state index in [1.165, 1.54) is 255 Å². The van der Waals surface area contributed by atoms with Gasteiger partial charge in [0.05, 0.1) is 0 Å². The van der Waals surface area contributed by atoms with Crippen molar-refractivity contribution in [3.63, 3.8) is 0 Å². The minimum atomic E-state index is -1.27. The van der Waals surface area contributed by atoms with Crippen molar-refractivity contribution in [3.8, 4) is 5.75 Å². The van der Waals surface area contributed by atoms with Gasteiger partial charge in [0.1, 0.15) is 5.75 Å². The van der Waals surface area contributed by atoms with Crippen molar-refractivity contribution in [2.75, 3.05) is 6.61 Å². The Morgan fingerprint density at radius 1 is 0.328 bits per heavy atom. The van der Waals surface area contributed by atoms with E-state index < -0.39 is 12.3 Å². The van der Waals surface area contributed by atoms with E-state index in [4.69, 9.17) is 9.47 Å². The average molecular weight is 898 g/mol. The lowest BCUT2D eigenvalue weighted by Crippen LogP contribution is -2.31.